The number of hydrogen-bond donors (Lipinski definition) is 2. The van der Waals surface area contributed by atoms with E-state index in [-0.39, 0.29) is 33.4 Å². The van der Waals surface area contributed by atoms with E-state index in [1.54, 1.807) is 25.3 Å². The molecule has 212 valence electrons. The summed E-state index contributed by atoms with van der Waals surface area (Å²) < 4.78 is 39.0. The Labute approximate surface area is 242 Å². The summed E-state index contributed by atoms with van der Waals surface area (Å²) in [6.07, 6.45) is 4.96. The van der Waals surface area contributed by atoms with E-state index in [0.717, 1.165) is 44.1 Å². The first kappa shape index (κ1) is 27.5. The maximum atomic E-state index is 14.7. The van der Waals surface area contributed by atoms with Crippen molar-refractivity contribution in [3.63, 3.8) is 0 Å². The second kappa shape index (κ2) is 10.3. The fraction of sp³-hybridized carbons (Fsp3) is 0.310. The van der Waals surface area contributed by atoms with Crippen LogP contribution in [0.1, 0.15) is 34.5 Å². The second-order valence-corrected chi connectivity index (χ2v) is 13.1. The molecule has 1 aliphatic carbocycles. The summed E-state index contributed by atoms with van der Waals surface area (Å²) >= 11 is 6.20. The van der Waals surface area contributed by atoms with Crippen LogP contribution >= 0.6 is 11.6 Å². The van der Waals surface area contributed by atoms with Crippen molar-refractivity contribution in [2.75, 3.05) is 30.8 Å². The molecular weight excluding hydrogens is 567 g/mol. The van der Waals surface area contributed by atoms with Gasteiger partial charge >= 0.3 is 0 Å². The Bertz CT molecular complexity index is 1810. The van der Waals surface area contributed by atoms with Gasteiger partial charge in [0.1, 0.15) is 11.6 Å². The molecule has 1 saturated heterocycles. The number of pyridine rings is 3. The molecule has 9 nitrogen and oxygen atoms in total. The highest BCUT2D eigenvalue weighted by Crippen LogP contribution is 2.38. The highest BCUT2D eigenvalue weighted by atomic mass is 35.5. The number of sulfone groups is 1. The fourth-order valence-corrected chi connectivity index (χ4v) is 6.44. The van der Waals surface area contributed by atoms with Gasteiger partial charge in [-0.15, -0.1) is 0 Å². The molecule has 2 N–H and O–H groups in total. The Morgan fingerprint density at radius 1 is 1.15 bits per heavy atom. The minimum Gasteiger partial charge on any atom is -0.353 e. The van der Waals surface area contributed by atoms with Gasteiger partial charge in [-0.05, 0) is 55.7 Å². The van der Waals surface area contributed by atoms with Crippen LogP contribution in [0.15, 0.2) is 53.6 Å². The Balaban J connectivity index is 1.22. The number of amides is 1. The predicted molar refractivity (Wildman–Crippen MR) is 155 cm³/mol. The third-order valence-corrected chi connectivity index (χ3v) is 9.23. The van der Waals surface area contributed by atoms with Gasteiger partial charge in [-0.1, -0.05) is 11.6 Å². The molecule has 0 radical (unpaired) electrons. The number of carbonyl (C=O) groups is 1. The third-order valence-electron chi connectivity index (χ3n) is 7.61. The first-order valence-electron chi connectivity index (χ1n) is 13.2. The summed E-state index contributed by atoms with van der Waals surface area (Å²) in [4.78, 5) is 28.9. The number of fused-ring (bicyclic) bond motifs is 1. The van der Waals surface area contributed by atoms with Gasteiger partial charge in [0.15, 0.2) is 9.84 Å². The van der Waals surface area contributed by atoms with Crippen molar-refractivity contribution in [3.8, 4) is 11.4 Å². The minimum atomic E-state index is -3.56. The molecule has 4 heterocycles. The first-order chi connectivity index (χ1) is 19.5. The largest absolute Gasteiger partial charge is 0.353 e. The van der Waals surface area contributed by atoms with Crippen LogP contribution in [-0.2, 0) is 16.4 Å². The molecule has 3 aromatic heterocycles. The van der Waals surface area contributed by atoms with Gasteiger partial charge in [0.2, 0.25) is 0 Å². The lowest BCUT2D eigenvalue weighted by atomic mass is 10.1. The Morgan fingerprint density at radius 2 is 1.95 bits per heavy atom. The van der Waals surface area contributed by atoms with Crippen LogP contribution in [0.5, 0.6) is 0 Å². The van der Waals surface area contributed by atoms with E-state index in [1.807, 2.05) is 6.07 Å². The number of nitrogens with one attached hydrogen (secondary N) is 2. The van der Waals surface area contributed by atoms with E-state index >= 15 is 0 Å². The van der Waals surface area contributed by atoms with E-state index < -0.39 is 15.7 Å². The quantitative estimate of drug-likeness (QED) is 0.343. The first-order valence-corrected chi connectivity index (χ1v) is 15.5. The molecular formula is C29H28ClFN6O3S. The molecule has 1 amide bonds. The van der Waals surface area contributed by atoms with Crippen molar-refractivity contribution < 1.29 is 17.6 Å². The van der Waals surface area contributed by atoms with Crippen LogP contribution in [0.2, 0.25) is 5.02 Å². The van der Waals surface area contributed by atoms with E-state index in [9.17, 15) is 17.6 Å². The van der Waals surface area contributed by atoms with Gasteiger partial charge in [-0.3, -0.25) is 9.78 Å². The third kappa shape index (κ3) is 5.74. The molecule has 2 aliphatic rings. The van der Waals surface area contributed by atoms with Crippen LogP contribution in [0.4, 0.5) is 10.2 Å². The molecule has 0 atom stereocenters. The molecule has 1 aliphatic heterocycles. The number of carbonyl (C=O) groups excluding carboxylic acids is 1. The number of aromatic nitrogens is 3. The molecule has 1 spiro atoms. The summed E-state index contributed by atoms with van der Waals surface area (Å²) in [5, 5.41) is 7.29. The van der Waals surface area contributed by atoms with Crippen molar-refractivity contribution >= 4 is 44.1 Å². The number of piperazine rings is 1. The fourth-order valence-electron chi connectivity index (χ4n) is 5.15. The highest BCUT2D eigenvalue weighted by molar-refractivity contribution is 7.90. The number of benzene rings is 1. The van der Waals surface area contributed by atoms with Crippen molar-refractivity contribution in [1.29, 1.82) is 0 Å². The number of hydrogen-bond acceptors (Lipinski definition) is 8. The van der Waals surface area contributed by atoms with Crippen LogP contribution in [0.3, 0.4) is 0 Å². The summed E-state index contributed by atoms with van der Waals surface area (Å²) in [5.41, 5.74) is 2.78. The van der Waals surface area contributed by atoms with Crippen LogP contribution in [0, 0.1) is 12.7 Å². The summed E-state index contributed by atoms with van der Waals surface area (Å²) in [6.45, 7) is 4.07. The monoisotopic (exact) mass is 594 g/mol. The van der Waals surface area contributed by atoms with Gasteiger partial charge in [0.05, 0.1) is 34.0 Å². The molecule has 0 unspecified atom stereocenters. The lowest BCUT2D eigenvalue weighted by Gasteiger charge is -2.35. The summed E-state index contributed by atoms with van der Waals surface area (Å²) in [6, 6.07) is 11.0. The molecule has 41 heavy (non-hydrogen) atoms. The summed E-state index contributed by atoms with van der Waals surface area (Å²) in [5.74, 6) is -0.260. The maximum Gasteiger partial charge on any atom is 0.251 e. The van der Waals surface area contributed by atoms with Gasteiger partial charge < -0.3 is 15.5 Å². The average Bonchev–Trinajstić information content (AvgIpc) is 3.69. The molecule has 0 bridgehead atoms. The Morgan fingerprint density at radius 3 is 2.71 bits per heavy atom. The van der Waals surface area contributed by atoms with E-state index in [2.05, 4.69) is 20.5 Å². The van der Waals surface area contributed by atoms with Gasteiger partial charge in [0, 0.05) is 65.7 Å². The normalized spacial score (nSPS) is 16.2. The van der Waals surface area contributed by atoms with Crippen LogP contribution < -0.4 is 15.5 Å². The number of rotatable bonds is 6. The van der Waals surface area contributed by atoms with E-state index in [1.165, 1.54) is 24.3 Å². The second-order valence-electron chi connectivity index (χ2n) is 10.8. The van der Waals surface area contributed by atoms with Crippen molar-refractivity contribution in [2.45, 2.75) is 36.7 Å². The van der Waals surface area contributed by atoms with Crippen molar-refractivity contribution in [2.24, 2.45) is 0 Å². The Hall–Kier alpha value is -3.67. The number of halogens is 2. The summed E-state index contributed by atoms with van der Waals surface area (Å²) in [7, 11) is -3.56. The standard InChI is InChI=1S/C29H28ClFN6O3S/c1-17-22(30)9-19(10-26(17)41(2,39)40)28(38)33-15-21-13-24-18(14-32-21)3-4-23(35-24)25-11-20(31)12-27(36-25)37-8-7-34-29(16-37)5-6-29/h3-4,9-14,34H,5-8,15-16H2,1-2H3,(H,33,38). The van der Waals surface area contributed by atoms with Crippen LogP contribution in [-0.4, -0.2) is 60.7 Å². The maximum absolute atomic E-state index is 14.7. The predicted octanol–water partition coefficient (Wildman–Crippen LogP) is 4.07. The average molecular weight is 595 g/mol. The number of nitrogens with zero attached hydrogens (tertiary/aromatic N) is 4. The molecule has 12 heteroatoms. The number of anilines is 1. The van der Waals surface area contributed by atoms with Crippen LogP contribution in [0.25, 0.3) is 22.3 Å². The van der Waals surface area contributed by atoms with Crippen molar-refractivity contribution in [1.82, 2.24) is 25.6 Å². The van der Waals surface area contributed by atoms with Gasteiger partial charge in [-0.2, -0.15) is 0 Å². The molecule has 1 saturated carbocycles. The molecule has 4 aromatic rings. The lowest BCUT2D eigenvalue weighted by Crippen LogP contribution is -2.52. The topological polar surface area (TPSA) is 117 Å². The molecule has 2 fully saturated rings. The SMILES string of the molecule is Cc1c(Cl)cc(C(=O)NCc2cc3nc(-c4cc(F)cc(N5CCNC6(CC6)C5)n4)ccc3cn2)cc1S(C)(=O)=O. The Kier molecular flexibility index (Phi) is 6.91. The zero-order valence-electron chi connectivity index (χ0n) is 22.5. The minimum absolute atomic E-state index is 0.00817. The smallest absolute Gasteiger partial charge is 0.251 e. The highest BCUT2D eigenvalue weighted by Gasteiger charge is 2.45. The molecule has 1 aromatic carbocycles. The van der Waals surface area contributed by atoms with E-state index in [4.69, 9.17) is 21.6 Å². The zero-order chi connectivity index (χ0) is 28.9. The van der Waals surface area contributed by atoms with Gasteiger partial charge in [-0.25, -0.2) is 22.8 Å². The lowest BCUT2D eigenvalue weighted by molar-refractivity contribution is 0.0950. The van der Waals surface area contributed by atoms with Crippen molar-refractivity contribution in [3.05, 3.63) is 76.3 Å². The zero-order valence-corrected chi connectivity index (χ0v) is 24.1. The van der Waals surface area contributed by atoms with E-state index in [0.29, 0.717) is 34.0 Å². The molecule has 6 rings (SSSR count). The van der Waals surface area contributed by atoms with Gasteiger partial charge in [0.25, 0.3) is 5.91 Å².